The number of halogens is 1. The van der Waals surface area contributed by atoms with Gasteiger partial charge in [0.15, 0.2) is 0 Å². The van der Waals surface area contributed by atoms with Crippen LogP contribution in [0, 0.1) is 5.92 Å². The topological polar surface area (TPSA) is 72.9 Å². The highest BCUT2D eigenvalue weighted by Crippen LogP contribution is 2.16. The van der Waals surface area contributed by atoms with Crippen LogP contribution in [0.25, 0.3) is 0 Å². The van der Waals surface area contributed by atoms with Crippen LogP contribution in [0.15, 0.2) is 15.5 Å². The van der Waals surface area contributed by atoms with Gasteiger partial charge in [0.2, 0.25) is 0 Å². The van der Waals surface area contributed by atoms with Crippen LogP contribution in [0.4, 0.5) is 5.69 Å². The van der Waals surface area contributed by atoms with Gasteiger partial charge >= 0.3 is 0 Å². The van der Waals surface area contributed by atoms with Crippen LogP contribution in [-0.2, 0) is 6.54 Å². The SMILES string of the molecule is CCn1ncc(NCC(N)C(C)C)c(Br)c1=O. The van der Waals surface area contributed by atoms with E-state index >= 15 is 0 Å². The molecule has 1 rings (SSSR count). The maximum absolute atomic E-state index is 11.8. The van der Waals surface area contributed by atoms with Gasteiger partial charge in [0.1, 0.15) is 4.47 Å². The van der Waals surface area contributed by atoms with E-state index in [0.717, 1.165) is 0 Å². The summed E-state index contributed by atoms with van der Waals surface area (Å²) < 4.78 is 1.91. The van der Waals surface area contributed by atoms with Crippen LogP contribution in [0.2, 0.25) is 0 Å². The molecule has 0 aliphatic carbocycles. The van der Waals surface area contributed by atoms with E-state index in [1.165, 1.54) is 4.68 Å². The monoisotopic (exact) mass is 302 g/mol. The Bertz CT molecular complexity index is 430. The van der Waals surface area contributed by atoms with Crippen molar-refractivity contribution in [2.75, 3.05) is 11.9 Å². The number of nitrogens with one attached hydrogen (secondary N) is 1. The van der Waals surface area contributed by atoms with Crippen LogP contribution in [0.5, 0.6) is 0 Å². The second-order valence-corrected chi connectivity index (χ2v) is 5.07. The number of rotatable bonds is 5. The lowest BCUT2D eigenvalue weighted by molar-refractivity contribution is 0.511. The molecule has 0 saturated heterocycles. The average Bonchev–Trinajstić information content (AvgIpc) is 2.30. The summed E-state index contributed by atoms with van der Waals surface area (Å²) in [4.78, 5) is 11.8. The molecule has 0 aromatic carbocycles. The molecular formula is C11H19BrN4O. The summed E-state index contributed by atoms with van der Waals surface area (Å²) in [5.41, 5.74) is 6.49. The number of aromatic nitrogens is 2. The van der Waals surface area contributed by atoms with Gasteiger partial charge in [-0.25, -0.2) is 4.68 Å². The molecule has 5 nitrogen and oxygen atoms in total. The van der Waals surface area contributed by atoms with Crippen molar-refractivity contribution in [2.45, 2.75) is 33.4 Å². The molecule has 1 aromatic heterocycles. The number of aryl methyl sites for hydroxylation is 1. The lowest BCUT2D eigenvalue weighted by Crippen LogP contribution is -2.34. The van der Waals surface area contributed by atoms with E-state index in [0.29, 0.717) is 29.2 Å². The molecule has 0 saturated carbocycles. The molecule has 0 aliphatic heterocycles. The summed E-state index contributed by atoms with van der Waals surface area (Å²) in [7, 11) is 0. The molecule has 96 valence electrons. The van der Waals surface area contributed by atoms with Crippen molar-refractivity contribution in [3.05, 3.63) is 21.0 Å². The molecule has 3 N–H and O–H groups in total. The van der Waals surface area contributed by atoms with Crippen molar-refractivity contribution in [2.24, 2.45) is 11.7 Å². The molecule has 1 aromatic rings. The van der Waals surface area contributed by atoms with Gasteiger partial charge in [0.25, 0.3) is 5.56 Å². The van der Waals surface area contributed by atoms with E-state index in [2.05, 4.69) is 40.2 Å². The minimum atomic E-state index is -0.129. The van der Waals surface area contributed by atoms with Gasteiger partial charge in [-0.2, -0.15) is 5.10 Å². The average molecular weight is 303 g/mol. The normalized spacial score (nSPS) is 12.8. The predicted octanol–water partition coefficient (Wildman–Crippen LogP) is 1.42. The van der Waals surface area contributed by atoms with E-state index < -0.39 is 0 Å². The van der Waals surface area contributed by atoms with E-state index in [1.54, 1.807) is 6.20 Å². The van der Waals surface area contributed by atoms with Crippen LogP contribution in [-0.4, -0.2) is 22.4 Å². The van der Waals surface area contributed by atoms with Gasteiger partial charge in [0, 0.05) is 19.1 Å². The first-order valence-corrected chi connectivity index (χ1v) is 6.51. The number of hydrogen-bond acceptors (Lipinski definition) is 4. The smallest absolute Gasteiger partial charge is 0.283 e. The second-order valence-electron chi connectivity index (χ2n) is 4.28. The highest BCUT2D eigenvalue weighted by atomic mass is 79.9. The Morgan fingerprint density at radius 2 is 2.24 bits per heavy atom. The Labute approximate surface area is 110 Å². The first-order valence-electron chi connectivity index (χ1n) is 5.72. The summed E-state index contributed by atoms with van der Waals surface area (Å²) in [6.45, 7) is 7.18. The van der Waals surface area contributed by atoms with E-state index in [4.69, 9.17) is 5.73 Å². The lowest BCUT2D eigenvalue weighted by Gasteiger charge is -2.17. The van der Waals surface area contributed by atoms with Gasteiger partial charge < -0.3 is 11.1 Å². The van der Waals surface area contributed by atoms with Gasteiger partial charge in [0.05, 0.1) is 11.9 Å². The highest BCUT2D eigenvalue weighted by Gasteiger charge is 2.11. The zero-order valence-electron chi connectivity index (χ0n) is 10.4. The zero-order chi connectivity index (χ0) is 13.0. The maximum atomic E-state index is 11.8. The first-order chi connectivity index (χ1) is 7.97. The Morgan fingerprint density at radius 3 is 2.76 bits per heavy atom. The van der Waals surface area contributed by atoms with Gasteiger partial charge in [-0.05, 0) is 28.8 Å². The third-order valence-electron chi connectivity index (χ3n) is 2.67. The van der Waals surface area contributed by atoms with Crippen LogP contribution < -0.4 is 16.6 Å². The van der Waals surface area contributed by atoms with E-state index in [-0.39, 0.29) is 11.6 Å². The van der Waals surface area contributed by atoms with Crippen LogP contribution in [0.1, 0.15) is 20.8 Å². The Kier molecular flexibility index (Phi) is 5.14. The molecule has 1 atom stereocenters. The molecule has 0 fully saturated rings. The van der Waals surface area contributed by atoms with Crippen LogP contribution >= 0.6 is 15.9 Å². The van der Waals surface area contributed by atoms with Crippen LogP contribution in [0.3, 0.4) is 0 Å². The molecule has 17 heavy (non-hydrogen) atoms. The highest BCUT2D eigenvalue weighted by molar-refractivity contribution is 9.10. The maximum Gasteiger partial charge on any atom is 0.283 e. The Morgan fingerprint density at radius 1 is 1.59 bits per heavy atom. The minimum absolute atomic E-state index is 0.0514. The van der Waals surface area contributed by atoms with Gasteiger partial charge in [-0.15, -0.1) is 0 Å². The number of nitrogens with two attached hydrogens (primary N) is 1. The van der Waals surface area contributed by atoms with E-state index in [9.17, 15) is 4.79 Å². The number of hydrogen-bond donors (Lipinski definition) is 2. The van der Waals surface area contributed by atoms with E-state index in [1.807, 2.05) is 6.92 Å². The molecular weight excluding hydrogens is 284 g/mol. The molecule has 1 unspecified atom stereocenters. The third kappa shape index (κ3) is 3.54. The van der Waals surface area contributed by atoms with Crippen molar-refractivity contribution in [3.8, 4) is 0 Å². The summed E-state index contributed by atoms with van der Waals surface area (Å²) in [5.74, 6) is 0.394. The summed E-state index contributed by atoms with van der Waals surface area (Å²) in [5, 5.41) is 7.19. The standard InChI is InChI=1S/C11H19BrN4O/c1-4-16-11(17)10(12)9(6-15-16)14-5-8(13)7(2)3/h6-8,14H,4-5,13H2,1-3H3. The Balaban J connectivity index is 2.80. The molecule has 1 heterocycles. The molecule has 0 bridgehead atoms. The summed E-state index contributed by atoms with van der Waals surface area (Å²) >= 11 is 3.28. The predicted molar refractivity (Wildman–Crippen MR) is 73.2 cm³/mol. The molecule has 0 aliphatic rings. The molecule has 0 radical (unpaired) electrons. The fraction of sp³-hybridized carbons (Fsp3) is 0.636. The van der Waals surface area contributed by atoms with Gasteiger partial charge in [-0.1, -0.05) is 13.8 Å². The number of nitrogens with zero attached hydrogens (tertiary/aromatic N) is 2. The van der Waals surface area contributed by atoms with Gasteiger partial charge in [-0.3, -0.25) is 4.79 Å². The first kappa shape index (κ1) is 14.2. The van der Waals surface area contributed by atoms with Crippen molar-refractivity contribution in [1.82, 2.24) is 9.78 Å². The largest absolute Gasteiger partial charge is 0.381 e. The summed E-state index contributed by atoms with van der Waals surface area (Å²) in [6.07, 6.45) is 1.64. The fourth-order valence-corrected chi connectivity index (χ4v) is 1.72. The minimum Gasteiger partial charge on any atom is -0.381 e. The molecule has 6 heteroatoms. The summed E-state index contributed by atoms with van der Waals surface area (Å²) in [6, 6.07) is 0.0514. The van der Waals surface area contributed by atoms with Crippen molar-refractivity contribution in [1.29, 1.82) is 0 Å². The molecule has 0 spiro atoms. The zero-order valence-corrected chi connectivity index (χ0v) is 12.0. The fourth-order valence-electron chi connectivity index (χ4n) is 1.28. The van der Waals surface area contributed by atoms with Crippen molar-refractivity contribution >= 4 is 21.6 Å². The van der Waals surface area contributed by atoms with Crippen molar-refractivity contribution < 1.29 is 0 Å². The quantitative estimate of drug-likeness (QED) is 0.863. The Hall–Kier alpha value is -0.880. The third-order valence-corrected chi connectivity index (χ3v) is 3.44. The second kappa shape index (κ2) is 6.16. The number of anilines is 1. The lowest BCUT2D eigenvalue weighted by atomic mass is 10.1. The molecule has 0 amide bonds. The van der Waals surface area contributed by atoms with Crippen molar-refractivity contribution in [3.63, 3.8) is 0 Å².